The number of anilines is 2. The summed E-state index contributed by atoms with van der Waals surface area (Å²) in [6.45, 7) is 10.3. The lowest BCUT2D eigenvalue weighted by molar-refractivity contribution is -0.134. The summed E-state index contributed by atoms with van der Waals surface area (Å²) in [5.74, 6) is -0.0802. The minimum atomic E-state index is -0.975. The number of unbranched alkanes of at least 4 members (excludes halogenated alkanes) is 2. The fourth-order valence-electron chi connectivity index (χ4n) is 3.67. The van der Waals surface area contributed by atoms with E-state index in [0.717, 1.165) is 37.0 Å². The minimum Gasteiger partial charge on any atom is -0.489 e. The molecule has 5 amide bonds. The van der Waals surface area contributed by atoms with E-state index in [0.29, 0.717) is 24.7 Å². The van der Waals surface area contributed by atoms with E-state index in [2.05, 4.69) is 50.4 Å². The van der Waals surface area contributed by atoms with Crippen molar-refractivity contribution in [1.29, 1.82) is 5.41 Å². The van der Waals surface area contributed by atoms with Gasteiger partial charge in [0.15, 0.2) is 16.6 Å². The Kier molecular flexibility index (Phi) is 12.3. The molecule has 0 spiro atoms. The van der Waals surface area contributed by atoms with Crippen molar-refractivity contribution in [2.24, 2.45) is 0 Å². The zero-order valence-corrected chi connectivity index (χ0v) is 26.3. The molecule has 2 aromatic rings. The van der Waals surface area contributed by atoms with Crippen LogP contribution in [0.3, 0.4) is 0 Å². The van der Waals surface area contributed by atoms with Crippen molar-refractivity contribution in [2.45, 2.75) is 78.0 Å². The average Bonchev–Trinajstić information content (AvgIpc) is 3.41. The first-order valence-electron chi connectivity index (χ1n) is 14.4. The number of thiazole rings is 1. The van der Waals surface area contributed by atoms with E-state index >= 15 is 0 Å². The maximum Gasteiger partial charge on any atom is 0.413 e. The van der Waals surface area contributed by atoms with Gasteiger partial charge in [-0.2, -0.15) is 0 Å². The minimum absolute atomic E-state index is 0.00538. The van der Waals surface area contributed by atoms with Crippen LogP contribution in [0, 0.1) is 5.41 Å². The molecule has 240 valence electrons. The van der Waals surface area contributed by atoms with E-state index < -0.39 is 47.3 Å². The number of pyridine rings is 1. The highest BCUT2D eigenvalue weighted by atomic mass is 32.1. The highest BCUT2D eigenvalue weighted by Gasteiger charge is 2.41. The van der Waals surface area contributed by atoms with E-state index in [4.69, 9.17) is 19.6 Å². The number of carbonyl (C=O) groups is 4. The molecule has 0 radical (unpaired) electrons. The van der Waals surface area contributed by atoms with E-state index in [-0.39, 0.29) is 23.2 Å². The third-order valence-electron chi connectivity index (χ3n) is 5.96. The monoisotopic (exact) mass is 632 g/mol. The molecular formula is C28H40N8O7S. The molecule has 1 saturated heterocycles. The second-order valence-corrected chi connectivity index (χ2v) is 11.7. The summed E-state index contributed by atoms with van der Waals surface area (Å²) in [4.78, 5) is 57.6. The molecule has 0 saturated carbocycles. The first kappa shape index (κ1) is 34.0. The topological polar surface area (TPSA) is 206 Å². The molecule has 2 atom stereocenters. The molecule has 2 aromatic heterocycles. The van der Waals surface area contributed by atoms with Crippen LogP contribution in [0.2, 0.25) is 0 Å². The summed E-state index contributed by atoms with van der Waals surface area (Å²) in [5.41, 5.74) is -1.18. The Morgan fingerprint density at radius 2 is 1.75 bits per heavy atom. The van der Waals surface area contributed by atoms with Crippen LogP contribution in [-0.2, 0) is 14.3 Å². The Labute approximate surface area is 259 Å². The zero-order valence-electron chi connectivity index (χ0n) is 25.5. The Morgan fingerprint density at radius 3 is 2.39 bits per heavy atom. The Hall–Kier alpha value is -4.47. The predicted octanol–water partition coefficient (Wildman–Crippen LogP) is 3.42. The van der Waals surface area contributed by atoms with Gasteiger partial charge in [-0.1, -0.05) is 26.7 Å². The van der Waals surface area contributed by atoms with Gasteiger partial charge in [-0.3, -0.25) is 25.6 Å². The number of hydrogen-bond donors (Lipinski definition) is 6. The lowest BCUT2D eigenvalue weighted by atomic mass is 9.98. The van der Waals surface area contributed by atoms with E-state index in [9.17, 15) is 19.2 Å². The first-order chi connectivity index (χ1) is 20.9. The largest absolute Gasteiger partial charge is 0.489 e. The molecule has 3 rings (SSSR count). The Balaban J connectivity index is 1.50. The van der Waals surface area contributed by atoms with E-state index in [1.54, 1.807) is 26.8 Å². The van der Waals surface area contributed by atoms with Gasteiger partial charge in [-0.05, 0) is 33.6 Å². The average molecular weight is 633 g/mol. The predicted molar refractivity (Wildman–Crippen MR) is 165 cm³/mol. The molecule has 3 heterocycles. The number of amides is 5. The summed E-state index contributed by atoms with van der Waals surface area (Å²) >= 11 is 1.01. The summed E-state index contributed by atoms with van der Waals surface area (Å²) in [5, 5.41) is 22.6. The van der Waals surface area contributed by atoms with Crippen LogP contribution >= 0.6 is 11.3 Å². The van der Waals surface area contributed by atoms with Gasteiger partial charge in [0.05, 0.1) is 25.5 Å². The van der Waals surface area contributed by atoms with Crippen molar-refractivity contribution in [3.63, 3.8) is 0 Å². The summed E-state index contributed by atoms with van der Waals surface area (Å²) in [7, 11) is 0. The standard InChI is InChI=1S/C28H40N8O7S/c1-6-8-10-41-18-12-20(30-14-19(18)42-11-9-7-2)34-25(39)31-13-16-22(24(38)32-16)35-23(37)21(29)17-15-44-26(33-17)36-27(40)43-28(3,4)5/h12,14-16,22,29H,6-11,13H2,1-5H3,(H,32,38)(H,35,37)(H,33,36,40)(H2,30,31,34,39)/t16-,22+/m1/s1. The third kappa shape index (κ3) is 10.4. The van der Waals surface area contributed by atoms with Gasteiger partial charge in [0, 0.05) is 18.0 Å². The van der Waals surface area contributed by atoms with Crippen molar-refractivity contribution < 1.29 is 33.4 Å². The number of rotatable bonds is 15. The number of hydrogen-bond acceptors (Lipinski definition) is 11. The fraction of sp³-hybridized carbons (Fsp3) is 0.536. The van der Waals surface area contributed by atoms with Crippen LogP contribution in [0.15, 0.2) is 17.6 Å². The number of carbonyl (C=O) groups excluding carboxylic acids is 4. The van der Waals surface area contributed by atoms with Crippen molar-refractivity contribution in [3.05, 3.63) is 23.3 Å². The molecule has 0 unspecified atom stereocenters. The Bertz CT molecular complexity index is 1340. The maximum atomic E-state index is 12.7. The van der Waals surface area contributed by atoms with Crippen molar-refractivity contribution in [2.75, 3.05) is 30.4 Å². The van der Waals surface area contributed by atoms with Gasteiger partial charge < -0.3 is 30.2 Å². The third-order valence-corrected chi connectivity index (χ3v) is 6.72. The highest BCUT2D eigenvalue weighted by molar-refractivity contribution is 7.14. The zero-order chi connectivity index (χ0) is 32.3. The number of nitrogens with zero attached hydrogens (tertiary/aromatic N) is 2. The normalized spacial score (nSPS) is 15.7. The molecule has 44 heavy (non-hydrogen) atoms. The summed E-state index contributed by atoms with van der Waals surface area (Å²) in [6, 6.07) is -0.580. The molecule has 0 aliphatic carbocycles. The van der Waals surface area contributed by atoms with Crippen LogP contribution in [0.25, 0.3) is 0 Å². The number of ether oxygens (including phenoxy) is 3. The fourth-order valence-corrected chi connectivity index (χ4v) is 4.36. The molecule has 15 nitrogen and oxygen atoms in total. The van der Waals surface area contributed by atoms with Crippen LogP contribution in [0.1, 0.15) is 66.0 Å². The van der Waals surface area contributed by atoms with Crippen molar-refractivity contribution in [1.82, 2.24) is 25.9 Å². The summed E-state index contributed by atoms with van der Waals surface area (Å²) < 4.78 is 16.8. The Morgan fingerprint density at radius 1 is 1.07 bits per heavy atom. The van der Waals surface area contributed by atoms with Gasteiger partial charge in [0.1, 0.15) is 28.9 Å². The summed E-state index contributed by atoms with van der Waals surface area (Å²) in [6.07, 6.45) is 4.47. The quantitative estimate of drug-likeness (QED) is 0.0965. The molecule has 6 N–H and O–H groups in total. The second kappa shape index (κ2) is 15.8. The van der Waals surface area contributed by atoms with Gasteiger partial charge in [-0.25, -0.2) is 19.6 Å². The highest BCUT2D eigenvalue weighted by Crippen LogP contribution is 2.29. The van der Waals surface area contributed by atoms with Crippen molar-refractivity contribution >= 4 is 51.9 Å². The smallest absolute Gasteiger partial charge is 0.413 e. The SMILES string of the molecule is CCCCOc1cnc(NC(=O)NC[C@H]2NC(=O)[C@H]2NC(=O)C(=N)c2csc(NC(=O)OC(C)(C)C)n2)cc1OCCCC. The lowest BCUT2D eigenvalue weighted by Gasteiger charge is -2.37. The number of β-lactam (4-membered cyclic amide) rings is 1. The molecule has 1 aliphatic heterocycles. The lowest BCUT2D eigenvalue weighted by Crippen LogP contribution is -2.72. The number of aromatic nitrogens is 2. The molecule has 1 aliphatic rings. The molecule has 0 bridgehead atoms. The van der Waals surface area contributed by atoms with Crippen molar-refractivity contribution in [3.8, 4) is 11.5 Å². The molecule has 16 heteroatoms. The van der Waals surface area contributed by atoms with Crippen LogP contribution < -0.4 is 36.1 Å². The molecule has 1 fully saturated rings. The van der Waals surface area contributed by atoms with Crippen LogP contribution in [-0.4, -0.2) is 77.1 Å². The van der Waals surface area contributed by atoms with Crippen LogP contribution in [0.5, 0.6) is 11.5 Å². The van der Waals surface area contributed by atoms with Gasteiger partial charge in [0.2, 0.25) is 5.91 Å². The second-order valence-electron chi connectivity index (χ2n) is 10.9. The first-order valence-corrected chi connectivity index (χ1v) is 15.2. The van der Waals surface area contributed by atoms with Gasteiger partial charge in [0.25, 0.3) is 5.91 Å². The molecular weight excluding hydrogens is 592 g/mol. The molecule has 0 aromatic carbocycles. The van der Waals surface area contributed by atoms with Gasteiger partial charge in [-0.15, -0.1) is 11.3 Å². The van der Waals surface area contributed by atoms with Crippen LogP contribution in [0.4, 0.5) is 20.5 Å². The van der Waals surface area contributed by atoms with Gasteiger partial charge >= 0.3 is 12.1 Å². The van der Waals surface area contributed by atoms with E-state index in [1.165, 1.54) is 11.6 Å². The number of urea groups is 1. The maximum absolute atomic E-state index is 12.7. The number of nitrogens with one attached hydrogen (secondary N) is 6. The van der Waals surface area contributed by atoms with E-state index in [1.807, 2.05) is 0 Å².